The Labute approximate surface area is 281 Å². The molecule has 0 aliphatic carbocycles. The largest absolute Gasteiger partial charge is 0.490 e. The Kier molecular flexibility index (Phi) is 12.2. The average molecular weight is 841 g/mol. The number of carbonyl (C=O) groups is 1. The minimum Gasteiger partial charge on any atom is -0.490 e. The standard InChI is InChI=1S/C31H28Br2IN3O5S/c1-2-41-29-18-23(16-27(33)30(29)42-20-22-8-10-24(32)11-9-22)19-35-36-31(38)28(17-21-6-4-3-5-7-21)37-43(39,40)26-14-12-25(34)13-15-26/h3-16,18-19,28,37H,2,17,20H2,1H3,(H,36,38)/b35-19-/t28-/m1/s1. The maximum atomic E-state index is 13.2. The number of nitrogens with zero attached hydrogens (tertiary/aromatic N) is 1. The number of amides is 1. The van der Waals surface area contributed by atoms with Crippen molar-refractivity contribution in [2.24, 2.45) is 5.10 Å². The fraction of sp³-hybridized carbons (Fsp3) is 0.161. The minimum absolute atomic E-state index is 0.0676. The van der Waals surface area contributed by atoms with Crippen molar-refractivity contribution in [2.45, 2.75) is 30.9 Å². The highest BCUT2D eigenvalue weighted by Gasteiger charge is 2.26. The number of nitrogens with one attached hydrogen (secondary N) is 2. The highest BCUT2D eigenvalue weighted by molar-refractivity contribution is 14.1. The van der Waals surface area contributed by atoms with E-state index >= 15 is 0 Å². The summed E-state index contributed by atoms with van der Waals surface area (Å²) in [5, 5.41) is 4.11. The molecule has 12 heteroatoms. The van der Waals surface area contributed by atoms with E-state index in [0.29, 0.717) is 34.7 Å². The molecule has 0 bridgehead atoms. The first-order valence-electron chi connectivity index (χ1n) is 13.1. The topological polar surface area (TPSA) is 106 Å². The summed E-state index contributed by atoms with van der Waals surface area (Å²) in [6, 6.07) is 25.8. The van der Waals surface area contributed by atoms with Gasteiger partial charge < -0.3 is 9.47 Å². The van der Waals surface area contributed by atoms with E-state index in [1.54, 1.807) is 24.3 Å². The van der Waals surface area contributed by atoms with Gasteiger partial charge in [-0.05, 0) is 117 Å². The van der Waals surface area contributed by atoms with Gasteiger partial charge in [-0.1, -0.05) is 58.4 Å². The van der Waals surface area contributed by atoms with Crippen molar-refractivity contribution in [3.8, 4) is 11.5 Å². The second-order valence-electron chi connectivity index (χ2n) is 9.23. The fourth-order valence-electron chi connectivity index (χ4n) is 3.96. The number of benzene rings is 4. The van der Waals surface area contributed by atoms with E-state index in [1.807, 2.05) is 61.5 Å². The molecule has 8 nitrogen and oxygen atoms in total. The number of ether oxygens (including phenoxy) is 2. The molecular formula is C31H28Br2IN3O5S. The van der Waals surface area contributed by atoms with Crippen molar-refractivity contribution in [1.82, 2.24) is 10.1 Å². The van der Waals surface area contributed by atoms with Crippen LogP contribution in [0.5, 0.6) is 11.5 Å². The third-order valence-corrected chi connectivity index (χ3v) is 9.36. The predicted octanol–water partition coefficient (Wildman–Crippen LogP) is 6.83. The summed E-state index contributed by atoms with van der Waals surface area (Å²) in [5.41, 5.74) is 4.90. The van der Waals surface area contributed by atoms with Gasteiger partial charge in [-0.2, -0.15) is 9.82 Å². The Hall–Kier alpha value is -2.78. The van der Waals surface area contributed by atoms with E-state index < -0.39 is 22.0 Å². The molecule has 4 rings (SSSR count). The molecule has 4 aromatic carbocycles. The van der Waals surface area contributed by atoms with Crippen LogP contribution in [0.4, 0.5) is 0 Å². The van der Waals surface area contributed by atoms with Crippen LogP contribution in [0.1, 0.15) is 23.6 Å². The second kappa shape index (κ2) is 15.8. The van der Waals surface area contributed by atoms with Gasteiger partial charge in [0, 0.05) is 8.04 Å². The van der Waals surface area contributed by atoms with Gasteiger partial charge in [0.05, 0.1) is 22.2 Å². The van der Waals surface area contributed by atoms with Gasteiger partial charge in [-0.15, -0.1) is 0 Å². The lowest BCUT2D eigenvalue weighted by Crippen LogP contribution is -2.46. The number of hydrogen-bond acceptors (Lipinski definition) is 6. The Balaban J connectivity index is 1.49. The van der Waals surface area contributed by atoms with Crippen molar-refractivity contribution in [1.29, 1.82) is 0 Å². The first-order valence-corrected chi connectivity index (χ1v) is 17.3. The number of carbonyl (C=O) groups excluding carboxylic acids is 1. The summed E-state index contributed by atoms with van der Waals surface area (Å²) in [4.78, 5) is 13.3. The lowest BCUT2D eigenvalue weighted by Gasteiger charge is -2.17. The van der Waals surface area contributed by atoms with Crippen molar-refractivity contribution >= 4 is 76.6 Å². The highest BCUT2D eigenvalue weighted by atomic mass is 127. The molecule has 0 unspecified atom stereocenters. The molecule has 0 heterocycles. The molecule has 4 aromatic rings. The van der Waals surface area contributed by atoms with E-state index in [0.717, 1.165) is 19.2 Å². The van der Waals surface area contributed by atoms with Gasteiger partial charge in [0.15, 0.2) is 11.5 Å². The van der Waals surface area contributed by atoms with Crippen molar-refractivity contribution in [3.05, 3.63) is 120 Å². The Morgan fingerprint density at radius 2 is 1.65 bits per heavy atom. The van der Waals surface area contributed by atoms with Crippen LogP contribution in [0, 0.1) is 3.57 Å². The van der Waals surface area contributed by atoms with E-state index in [4.69, 9.17) is 9.47 Å². The zero-order chi connectivity index (χ0) is 30.8. The summed E-state index contributed by atoms with van der Waals surface area (Å²) in [6.07, 6.45) is 1.59. The molecule has 1 atom stereocenters. The number of sulfonamides is 1. The number of rotatable bonds is 13. The Bertz CT molecular complexity index is 1670. The summed E-state index contributed by atoms with van der Waals surface area (Å²) >= 11 is 9.09. The quantitative estimate of drug-likeness (QED) is 0.0873. The van der Waals surface area contributed by atoms with Gasteiger partial charge in [0.2, 0.25) is 10.0 Å². The van der Waals surface area contributed by atoms with Crippen LogP contribution < -0.4 is 19.6 Å². The van der Waals surface area contributed by atoms with Crippen LogP contribution in [0.2, 0.25) is 0 Å². The molecule has 0 spiro atoms. The molecule has 0 saturated carbocycles. The fourth-order valence-corrected chi connectivity index (χ4v) is 6.35. The van der Waals surface area contributed by atoms with E-state index in [-0.39, 0.29) is 11.3 Å². The van der Waals surface area contributed by atoms with Gasteiger partial charge in [0.1, 0.15) is 12.6 Å². The molecule has 0 fully saturated rings. The van der Waals surface area contributed by atoms with Gasteiger partial charge >= 0.3 is 0 Å². The van der Waals surface area contributed by atoms with Crippen molar-refractivity contribution in [3.63, 3.8) is 0 Å². The number of halogens is 3. The van der Waals surface area contributed by atoms with Crippen LogP contribution in [-0.4, -0.2) is 33.2 Å². The Morgan fingerprint density at radius 1 is 0.953 bits per heavy atom. The van der Waals surface area contributed by atoms with Gasteiger partial charge in [-0.25, -0.2) is 13.8 Å². The SMILES string of the molecule is CCOc1cc(/C=N\NC(=O)[C@@H](Cc2ccccc2)NS(=O)(=O)c2ccc(I)cc2)cc(Br)c1OCc1ccc(Br)cc1. The lowest BCUT2D eigenvalue weighted by atomic mass is 10.1. The first kappa shape index (κ1) is 33.1. The average Bonchev–Trinajstić information content (AvgIpc) is 2.98. The summed E-state index contributed by atoms with van der Waals surface area (Å²) < 4.78 is 43.1. The van der Waals surface area contributed by atoms with E-state index in [1.165, 1.54) is 18.3 Å². The normalized spacial score (nSPS) is 12.2. The van der Waals surface area contributed by atoms with Crippen molar-refractivity contribution in [2.75, 3.05) is 6.61 Å². The third kappa shape index (κ3) is 9.86. The molecule has 0 radical (unpaired) electrons. The van der Waals surface area contributed by atoms with Crippen LogP contribution in [0.15, 0.2) is 110 Å². The zero-order valence-electron chi connectivity index (χ0n) is 23.0. The lowest BCUT2D eigenvalue weighted by molar-refractivity contribution is -0.122. The third-order valence-electron chi connectivity index (χ3n) is 6.04. The molecule has 224 valence electrons. The molecule has 0 aliphatic rings. The van der Waals surface area contributed by atoms with E-state index in [2.05, 4.69) is 69.7 Å². The maximum Gasteiger partial charge on any atom is 0.258 e. The second-order valence-corrected chi connectivity index (χ2v) is 14.0. The van der Waals surface area contributed by atoms with Crippen LogP contribution >= 0.6 is 54.5 Å². The molecule has 0 saturated heterocycles. The zero-order valence-corrected chi connectivity index (χ0v) is 29.1. The predicted molar refractivity (Wildman–Crippen MR) is 183 cm³/mol. The molecule has 1 amide bonds. The monoisotopic (exact) mass is 839 g/mol. The summed E-state index contributed by atoms with van der Waals surface area (Å²) in [7, 11) is -3.97. The van der Waals surface area contributed by atoms with E-state index in [9.17, 15) is 13.2 Å². The number of hydrazone groups is 1. The molecule has 0 aromatic heterocycles. The van der Waals surface area contributed by atoms with Crippen LogP contribution in [0.3, 0.4) is 0 Å². The summed E-state index contributed by atoms with van der Waals surface area (Å²) in [6.45, 7) is 2.63. The minimum atomic E-state index is -3.97. The van der Waals surface area contributed by atoms with Crippen LogP contribution in [0.25, 0.3) is 0 Å². The van der Waals surface area contributed by atoms with Gasteiger partial charge in [0.25, 0.3) is 5.91 Å². The van der Waals surface area contributed by atoms with Gasteiger partial charge in [-0.3, -0.25) is 4.79 Å². The van der Waals surface area contributed by atoms with Crippen LogP contribution in [-0.2, 0) is 27.8 Å². The number of hydrogen-bond donors (Lipinski definition) is 2. The molecule has 43 heavy (non-hydrogen) atoms. The smallest absolute Gasteiger partial charge is 0.258 e. The van der Waals surface area contributed by atoms with Crippen molar-refractivity contribution < 1.29 is 22.7 Å². The highest BCUT2D eigenvalue weighted by Crippen LogP contribution is 2.37. The molecule has 0 aliphatic heterocycles. The Morgan fingerprint density at radius 3 is 2.33 bits per heavy atom. The maximum absolute atomic E-state index is 13.2. The molecular weight excluding hydrogens is 813 g/mol. The molecule has 2 N–H and O–H groups in total. The summed E-state index contributed by atoms with van der Waals surface area (Å²) in [5.74, 6) is 0.445. The first-order chi connectivity index (χ1) is 20.6.